The average Bonchev–Trinajstić information content (AvgIpc) is 2.61. The number of thioether (sulfide) groups is 1. The number of hydrazone groups is 1. The minimum absolute atomic E-state index is 0.0860. The van der Waals surface area contributed by atoms with Crippen molar-refractivity contribution in [1.82, 2.24) is 5.43 Å². The fourth-order valence-electron chi connectivity index (χ4n) is 2.27. The van der Waals surface area contributed by atoms with E-state index in [-0.39, 0.29) is 11.3 Å². The van der Waals surface area contributed by atoms with E-state index in [1.165, 1.54) is 5.56 Å². The monoisotopic (exact) mass is 388 g/mol. The molecule has 0 atom stereocenters. The summed E-state index contributed by atoms with van der Waals surface area (Å²) < 4.78 is 0. The lowest BCUT2D eigenvalue weighted by molar-refractivity contribution is -0.120. The smallest absolute Gasteiger partial charge is 0.240 e. The number of nitrogens with one attached hydrogen (secondary N) is 1. The minimum Gasteiger partial charge on any atom is -0.273 e. The Morgan fingerprint density at radius 2 is 1.69 bits per heavy atom. The van der Waals surface area contributed by atoms with E-state index in [2.05, 4.69) is 43.4 Å². The number of hydrogen-bond acceptors (Lipinski definition) is 3. The third-order valence-electron chi connectivity index (χ3n) is 3.93. The number of rotatable bonds is 6. The average molecular weight is 389 g/mol. The summed E-state index contributed by atoms with van der Waals surface area (Å²) in [5.74, 6) is 0.611. The predicted octanol–water partition coefficient (Wildman–Crippen LogP) is 5.66. The van der Waals surface area contributed by atoms with E-state index in [4.69, 9.17) is 11.6 Å². The Hall–Kier alpha value is -1.78. The number of carbonyl (C=O) groups excluding carboxylic acids is 1. The van der Waals surface area contributed by atoms with Crippen LogP contribution < -0.4 is 5.43 Å². The molecule has 3 nitrogen and oxygen atoms in total. The second kappa shape index (κ2) is 9.24. The molecule has 0 radical (unpaired) electrons. The number of benzene rings is 2. The maximum absolute atomic E-state index is 12.0. The van der Waals surface area contributed by atoms with Gasteiger partial charge in [-0.3, -0.25) is 4.79 Å². The Morgan fingerprint density at radius 3 is 2.27 bits per heavy atom. The van der Waals surface area contributed by atoms with Gasteiger partial charge in [-0.2, -0.15) is 5.10 Å². The molecular formula is C21H25ClN2OS. The van der Waals surface area contributed by atoms with E-state index in [1.54, 1.807) is 11.8 Å². The van der Waals surface area contributed by atoms with E-state index in [1.807, 2.05) is 43.3 Å². The zero-order chi connectivity index (χ0) is 19.2. The fourth-order valence-corrected chi connectivity index (χ4v) is 3.25. The van der Waals surface area contributed by atoms with Gasteiger partial charge in [-0.15, -0.1) is 11.8 Å². The summed E-state index contributed by atoms with van der Waals surface area (Å²) in [6.45, 7) is 8.45. The normalized spacial score (nSPS) is 12.1. The molecule has 1 amide bonds. The molecular weight excluding hydrogens is 364 g/mol. The van der Waals surface area contributed by atoms with Crippen molar-refractivity contribution in [2.45, 2.75) is 44.4 Å². The molecule has 0 aromatic heterocycles. The van der Waals surface area contributed by atoms with Crippen molar-refractivity contribution in [1.29, 1.82) is 0 Å². The molecule has 2 aromatic rings. The molecule has 0 fully saturated rings. The van der Waals surface area contributed by atoms with Gasteiger partial charge in [-0.05, 0) is 47.7 Å². The highest BCUT2D eigenvalue weighted by Crippen LogP contribution is 2.22. The molecule has 0 saturated heterocycles. The zero-order valence-corrected chi connectivity index (χ0v) is 17.2. The first-order chi connectivity index (χ1) is 12.3. The van der Waals surface area contributed by atoms with E-state index in [0.717, 1.165) is 16.2 Å². The van der Waals surface area contributed by atoms with Crippen molar-refractivity contribution < 1.29 is 4.79 Å². The van der Waals surface area contributed by atoms with E-state index in [0.29, 0.717) is 17.2 Å². The molecule has 0 aliphatic carbocycles. The maximum Gasteiger partial charge on any atom is 0.240 e. The molecule has 5 heteroatoms. The number of nitrogens with zero attached hydrogens (tertiary/aromatic N) is 1. The summed E-state index contributed by atoms with van der Waals surface area (Å²) in [5, 5.41) is 4.93. The van der Waals surface area contributed by atoms with Crippen LogP contribution in [0.4, 0.5) is 0 Å². The molecule has 138 valence electrons. The highest BCUT2D eigenvalue weighted by Gasteiger charge is 2.13. The largest absolute Gasteiger partial charge is 0.273 e. The van der Waals surface area contributed by atoms with Gasteiger partial charge in [0, 0.05) is 22.1 Å². The third kappa shape index (κ3) is 6.50. The van der Waals surface area contributed by atoms with Crippen molar-refractivity contribution in [2.75, 3.05) is 5.75 Å². The van der Waals surface area contributed by atoms with Crippen LogP contribution in [-0.2, 0) is 10.2 Å². The standard InChI is InChI=1S/C21H25ClN2OS/c1-15(16-5-7-17(8-6-16)21(2,3)4)23-24-20(25)13-14-26-19-11-9-18(22)10-12-19/h5-12H,13-14H2,1-4H3,(H,24,25)/b23-15-. The molecule has 0 saturated carbocycles. The van der Waals surface area contributed by atoms with Gasteiger partial charge in [0.2, 0.25) is 5.91 Å². The first-order valence-electron chi connectivity index (χ1n) is 8.58. The molecule has 0 aliphatic heterocycles. The quantitative estimate of drug-likeness (QED) is 0.394. The molecule has 0 spiro atoms. The number of amides is 1. The van der Waals surface area contributed by atoms with Crippen LogP contribution in [0.25, 0.3) is 0 Å². The number of carbonyl (C=O) groups is 1. The summed E-state index contributed by atoms with van der Waals surface area (Å²) in [4.78, 5) is 13.1. The van der Waals surface area contributed by atoms with Crippen LogP contribution in [0.2, 0.25) is 5.02 Å². The van der Waals surface area contributed by atoms with E-state index >= 15 is 0 Å². The fraction of sp³-hybridized carbons (Fsp3) is 0.333. The third-order valence-corrected chi connectivity index (χ3v) is 5.19. The number of hydrogen-bond donors (Lipinski definition) is 1. The van der Waals surface area contributed by atoms with Crippen LogP contribution in [-0.4, -0.2) is 17.4 Å². The Bertz CT molecular complexity index is 762. The van der Waals surface area contributed by atoms with Crippen molar-refractivity contribution in [3.63, 3.8) is 0 Å². The van der Waals surface area contributed by atoms with Crippen LogP contribution in [0.1, 0.15) is 45.2 Å². The zero-order valence-electron chi connectivity index (χ0n) is 15.7. The lowest BCUT2D eigenvalue weighted by atomic mass is 9.86. The van der Waals surface area contributed by atoms with Gasteiger partial charge in [0.25, 0.3) is 0 Å². The molecule has 0 aliphatic rings. The first kappa shape index (κ1) is 20.5. The van der Waals surface area contributed by atoms with Crippen LogP contribution >= 0.6 is 23.4 Å². The Kier molecular flexibility index (Phi) is 7.30. The van der Waals surface area contributed by atoms with E-state index < -0.39 is 0 Å². The maximum atomic E-state index is 12.0. The van der Waals surface area contributed by atoms with Crippen molar-refractivity contribution >= 4 is 35.0 Å². The predicted molar refractivity (Wildman–Crippen MR) is 112 cm³/mol. The molecule has 0 unspecified atom stereocenters. The molecule has 0 bridgehead atoms. The van der Waals surface area contributed by atoms with Crippen LogP contribution in [0.5, 0.6) is 0 Å². The van der Waals surface area contributed by atoms with Crippen LogP contribution in [0, 0.1) is 0 Å². The first-order valence-corrected chi connectivity index (χ1v) is 9.94. The lowest BCUT2D eigenvalue weighted by Gasteiger charge is -2.19. The highest BCUT2D eigenvalue weighted by molar-refractivity contribution is 7.99. The minimum atomic E-state index is -0.0860. The van der Waals surface area contributed by atoms with Crippen molar-refractivity contribution in [2.24, 2.45) is 5.10 Å². The molecule has 0 heterocycles. The second-order valence-electron chi connectivity index (χ2n) is 7.11. The van der Waals surface area contributed by atoms with Gasteiger partial charge in [0.05, 0.1) is 5.71 Å². The topological polar surface area (TPSA) is 41.5 Å². The van der Waals surface area contributed by atoms with Gasteiger partial charge >= 0.3 is 0 Å². The van der Waals surface area contributed by atoms with Gasteiger partial charge in [0.1, 0.15) is 0 Å². The van der Waals surface area contributed by atoms with Gasteiger partial charge in [0.15, 0.2) is 0 Å². The molecule has 2 aromatic carbocycles. The lowest BCUT2D eigenvalue weighted by Crippen LogP contribution is -2.19. The second-order valence-corrected chi connectivity index (χ2v) is 8.72. The molecule has 1 N–H and O–H groups in total. The molecule has 2 rings (SSSR count). The Labute approximate surface area is 165 Å². The summed E-state index contributed by atoms with van der Waals surface area (Å²) in [7, 11) is 0. The van der Waals surface area contributed by atoms with Gasteiger partial charge in [-0.25, -0.2) is 5.43 Å². The Balaban J connectivity index is 1.82. The van der Waals surface area contributed by atoms with E-state index in [9.17, 15) is 4.79 Å². The summed E-state index contributed by atoms with van der Waals surface area (Å²) in [6, 6.07) is 15.9. The van der Waals surface area contributed by atoms with Crippen LogP contribution in [0.15, 0.2) is 58.5 Å². The SMILES string of the molecule is C/C(=N/NC(=O)CCSc1ccc(Cl)cc1)c1ccc(C(C)(C)C)cc1. The van der Waals surface area contributed by atoms with Crippen LogP contribution in [0.3, 0.4) is 0 Å². The van der Waals surface area contributed by atoms with Crippen molar-refractivity contribution in [3.05, 3.63) is 64.7 Å². The summed E-state index contributed by atoms with van der Waals surface area (Å²) in [6.07, 6.45) is 0.410. The highest BCUT2D eigenvalue weighted by atomic mass is 35.5. The van der Waals surface area contributed by atoms with Gasteiger partial charge in [-0.1, -0.05) is 56.6 Å². The summed E-state index contributed by atoms with van der Waals surface area (Å²) in [5.41, 5.74) is 5.84. The van der Waals surface area contributed by atoms with Crippen molar-refractivity contribution in [3.8, 4) is 0 Å². The number of halogens is 1. The Morgan fingerprint density at radius 1 is 1.08 bits per heavy atom. The molecule has 26 heavy (non-hydrogen) atoms. The summed E-state index contributed by atoms with van der Waals surface area (Å²) >= 11 is 7.48. The van der Waals surface area contributed by atoms with Gasteiger partial charge < -0.3 is 0 Å².